The summed E-state index contributed by atoms with van der Waals surface area (Å²) in [7, 11) is -9.14. The number of likely N-dealkylation sites (tertiary alicyclic amines) is 1. The van der Waals surface area contributed by atoms with Crippen molar-refractivity contribution in [3.63, 3.8) is 0 Å². The van der Waals surface area contributed by atoms with Crippen LogP contribution in [0.2, 0.25) is 5.02 Å². The first-order chi connectivity index (χ1) is 30.0. The first-order valence-electron chi connectivity index (χ1n) is 20.4. The molecule has 4 aromatic carbocycles. The van der Waals surface area contributed by atoms with E-state index in [9.17, 15) is 34.8 Å². The third-order valence-corrected chi connectivity index (χ3v) is 16.0. The largest absolute Gasteiger partial charge is 0.501 e. The lowest BCUT2D eigenvalue weighted by molar-refractivity contribution is -0.130. The highest BCUT2D eigenvalue weighted by Gasteiger charge is 2.48. The van der Waals surface area contributed by atoms with Crippen LogP contribution >= 0.6 is 23.4 Å². The Morgan fingerprint density at radius 2 is 1.65 bits per heavy atom. The van der Waals surface area contributed by atoms with Gasteiger partial charge >= 0.3 is 5.51 Å². The summed E-state index contributed by atoms with van der Waals surface area (Å²) in [6.07, 6.45) is 3.35. The van der Waals surface area contributed by atoms with Crippen LogP contribution in [0.5, 0.6) is 0 Å². The van der Waals surface area contributed by atoms with Crippen molar-refractivity contribution in [2.75, 3.05) is 42.5 Å². The predicted octanol–water partition coefficient (Wildman–Crippen LogP) is 7.85. The van der Waals surface area contributed by atoms with E-state index in [4.69, 9.17) is 11.6 Å². The van der Waals surface area contributed by atoms with Crippen molar-refractivity contribution in [1.82, 2.24) is 24.7 Å². The highest BCUT2D eigenvalue weighted by atomic mass is 35.5. The molecule has 12 nitrogen and oxygen atoms in total. The average Bonchev–Trinajstić information content (AvgIpc) is 3.25. The number of amides is 1. The van der Waals surface area contributed by atoms with Crippen LogP contribution in [0.15, 0.2) is 112 Å². The first kappa shape index (κ1) is 44.9. The van der Waals surface area contributed by atoms with E-state index in [0.29, 0.717) is 48.4 Å². The standard InChI is InChI=1S/C44H45ClF3N7O5S3/c1-53-24-29-5-4-7-35(21-29)61-27-33(22-42(53)56)51-39-14-13-36(23-41(39)62(57,58)44(46,47)48)63(59,60)52-43-38-17-20-55(26-40(38)49-28-50-43)34-15-18-54(19-16-34)25-31-6-2-3-8-37(31)30-9-11-32(45)12-10-30/h2-14,21,23,28,33-34,51H,15-20,22,24-27H2,1H3,(H,49,50,52)/t33-/m1/s1. The summed E-state index contributed by atoms with van der Waals surface area (Å²) in [6.45, 7) is 3.96. The molecule has 1 aromatic heterocycles. The lowest BCUT2D eigenvalue weighted by Gasteiger charge is -2.40. The molecule has 5 aromatic rings. The Balaban J connectivity index is 0.959. The van der Waals surface area contributed by atoms with Gasteiger partial charge in [0.15, 0.2) is 0 Å². The number of nitrogens with one attached hydrogen (secondary N) is 2. The second-order valence-electron chi connectivity index (χ2n) is 16.0. The Hall–Kier alpha value is -4.72. The Morgan fingerprint density at radius 3 is 2.41 bits per heavy atom. The van der Waals surface area contributed by atoms with Crippen LogP contribution in [0.3, 0.4) is 0 Å². The number of carbonyl (C=O) groups excluding carboxylic acids is 1. The summed E-state index contributed by atoms with van der Waals surface area (Å²) < 4.78 is 98.8. The SMILES string of the molecule is CN1Cc2cccc(c2)SC[C@H](Nc2ccc(S(=O)(=O)Nc3ncnc4c3CCN(C3CCN(Cc5ccccc5-c5ccc(Cl)cc5)CC3)C4)cc2S(=O)(=O)C(F)(F)F)CC1=O. The van der Waals surface area contributed by atoms with E-state index in [1.807, 2.05) is 54.6 Å². The van der Waals surface area contributed by atoms with Crippen LogP contribution in [0.25, 0.3) is 11.1 Å². The Labute approximate surface area is 374 Å². The number of aromatic nitrogens is 2. The summed E-state index contributed by atoms with van der Waals surface area (Å²) >= 11 is 7.49. The minimum absolute atomic E-state index is 0.0264. The summed E-state index contributed by atoms with van der Waals surface area (Å²) in [4.78, 5) is 26.9. The number of fused-ring (bicyclic) bond motifs is 3. The molecule has 3 aliphatic heterocycles. The van der Waals surface area contributed by atoms with Gasteiger partial charge in [-0.15, -0.1) is 11.8 Å². The van der Waals surface area contributed by atoms with Gasteiger partial charge in [0, 0.05) is 73.0 Å². The molecule has 2 bridgehead atoms. The van der Waals surface area contributed by atoms with E-state index in [2.05, 4.69) is 48.0 Å². The van der Waals surface area contributed by atoms with E-state index in [0.717, 1.165) is 60.6 Å². The molecule has 0 spiro atoms. The summed E-state index contributed by atoms with van der Waals surface area (Å²) in [5, 5.41) is 3.52. The third kappa shape index (κ3) is 10.2. The van der Waals surface area contributed by atoms with Gasteiger partial charge < -0.3 is 10.2 Å². The number of halogens is 4. The molecule has 1 atom stereocenters. The maximum Gasteiger partial charge on any atom is 0.501 e. The molecule has 0 radical (unpaired) electrons. The van der Waals surface area contributed by atoms with E-state index >= 15 is 0 Å². The van der Waals surface area contributed by atoms with Crippen LogP contribution in [0, 0.1) is 0 Å². The number of sulfone groups is 1. The number of hydrogen-bond acceptors (Lipinski definition) is 11. The van der Waals surface area contributed by atoms with E-state index in [-0.39, 0.29) is 29.9 Å². The number of rotatable bonds is 10. The van der Waals surface area contributed by atoms with Gasteiger partial charge in [-0.3, -0.25) is 19.3 Å². The van der Waals surface area contributed by atoms with Crippen LogP contribution in [0.4, 0.5) is 24.7 Å². The van der Waals surface area contributed by atoms with Crippen LogP contribution in [0.1, 0.15) is 41.6 Å². The maximum atomic E-state index is 14.2. The molecule has 0 saturated carbocycles. The molecule has 63 heavy (non-hydrogen) atoms. The predicted molar refractivity (Wildman–Crippen MR) is 237 cm³/mol. The van der Waals surface area contributed by atoms with Crippen molar-refractivity contribution >= 4 is 60.6 Å². The quantitative estimate of drug-likeness (QED) is 0.141. The van der Waals surface area contributed by atoms with Crippen molar-refractivity contribution in [3.8, 4) is 11.1 Å². The molecule has 19 heteroatoms. The number of hydrogen-bond donors (Lipinski definition) is 2. The zero-order chi connectivity index (χ0) is 44.5. The van der Waals surface area contributed by atoms with Crippen LogP contribution < -0.4 is 10.0 Å². The summed E-state index contributed by atoms with van der Waals surface area (Å²) in [5.41, 5.74) is -0.616. The van der Waals surface area contributed by atoms with Gasteiger partial charge in [0.25, 0.3) is 19.9 Å². The molecule has 1 fully saturated rings. The molecule has 332 valence electrons. The third-order valence-electron chi connectivity index (χ3n) is 11.7. The number of anilines is 2. The normalized spacial score (nSPS) is 18.5. The van der Waals surface area contributed by atoms with Gasteiger partial charge in [-0.05, 0) is 97.1 Å². The number of carbonyl (C=O) groups is 1. The fraction of sp³-hybridized carbons (Fsp3) is 0.341. The zero-order valence-electron chi connectivity index (χ0n) is 34.2. The molecular weight excluding hydrogens is 895 g/mol. The lowest BCUT2D eigenvalue weighted by atomic mass is 9.96. The second-order valence-corrected chi connectivity index (χ2v) is 21.1. The minimum atomic E-state index is -6.07. The van der Waals surface area contributed by atoms with Gasteiger partial charge in [-0.2, -0.15) is 13.2 Å². The molecule has 1 saturated heterocycles. The number of alkyl halides is 3. The number of piperidine rings is 1. The number of nitrogens with zero attached hydrogens (tertiary/aromatic N) is 5. The molecular formula is C44H45ClF3N7O5S3. The first-order valence-corrected chi connectivity index (χ1v) is 24.7. The molecule has 1 amide bonds. The topological polar surface area (TPSA) is 145 Å². The molecule has 4 heterocycles. The van der Waals surface area contributed by atoms with Crippen LogP contribution in [-0.4, -0.2) is 97.4 Å². The van der Waals surface area contributed by atoms with E-state index in [1.54, 1.807) is 7.05 Å². The van der Waals surface area contributed by atoms with Gasteiger partial charge in [0.05, 0.1) is 16.3 Å². The highest BCUT2D eigenvalue weighted by molar-refractivity contribution is 7.99. The summed E-state index contributed by atoms with van der Waals surface area (Å²) in [5.74, 6) is -0.136. The number of benzene rings is 4. The minimum Gasteiger partial charge on any atom is -0.380 e. The fourth-order valence-electron chi connectivity index (χ4n) is 8.38. The van der Waals surface area contributed by atoms with E-state index in [1.165, 1.54) is 34.1 Å². The lowest BCUT2D eigenvalue weighted by Crippen LogP contribution is -2.46. The van der Waals surface area contributed by atoms with Crippen molar-refractivity contribution in [2.45, 2.75) is 77.6 Å². The fourth-order valence-corrected chi connectivity index (χ4v) is 11.6. The zero-order valence-corrected chi connectivity index (χ0v) is 37.4. The number of thioether (sulfide) groups is 1. The average molecular weight is 941 g/mol. The van der Waals surface area contributed by atoms with Gasteiger partial charge in [0.2, 0.25) is 5.91 Å². The maximum absolute atomic E-state index is 14.2. The molecule has 0 aliphatic carbocycles. The molecule has 8 rings (SSSR count). The molecule has 3 aliphatic rings. The Kier molecular flexibility index (Phi) is 13.1. The van der Waals surface area contributed by atoms with Crippen molar-refractivity contribution in [3.05, 3.63) is 125 Å². The van der Waals surface area contributed by atoms with Crippen molar-refractivity contribution < 1.29 is 34.8 Å². The van der Waals surface area contributed by atoms with Crippen LogP contribution in [-0.2, 0) is 50.7 Å². The van der Waals surface area contributed by atoms with Gasteiger partial charge in [0.1, 0.15) is 17.0 Å². The Bertz CT molecular complexity index is 2720. The summed E-state index contributed by atoms with van der Waals surface area (Å²) in [6, 6.07) is 25.7. The number of sulfonamides is 1. The molecule has 2 N–H and O–H groups in total. The van der Waals surface area contributed by atoms with Crippen molar-refractivity contribution in [1.29, 1.82) is 0 Å². The highest BCUT2D eigenvalue weighted by Crippen LogP contribution is 2.38. The van der Waals surface area contributed by atoms with Gasteiger partial charge in [-0.25, -0.2) is 26.8 Å². The second kappa shape index (κ2) is 18.4. The molecule has 0 unspecified atom stereocenters. The van der Waals surface area contributed by atoms with Crippen molar-refractivity contribution in [2.24, 2.45) is 0 Å². The smallest absolute Gasteiger partial charge is 0.380 e. The monoisotopic (exact) mass is 939 g/mol. The Morgan fingerprint density at radius 1 is 0.889 bits per heavy atom. The van der Waals surface area contributed by atoms with E-state index < -0.39 is 46.9 Å². The van der Waals surface area contributed by atoms with Gasteiger partial charge in [-0.1, -0.05) is 60.1 Å².